The van der Waals surface area contributed by atoms with Gasteiger partial charge in [-0.3, -0.25) is 9.59 Å². The van der Waals surface area contributed by atoms with Crippen molar-refractivity contribution < 1.29 is 33.3 Å². The van der Waals surface area contributed by atoms with Crippen LogP contribution in [0.5, 0.6) is 11.5 Å². The quantitative estimate of drug-likeness (QED) is 0.319. The molecule has 0 heterocycles. The molecule has 2 aromatic carbocycles. The molecule has 168 valence electrons. The zero-order chi connectivity index (χ0) is 22.6. The minimum Gasteiger partial charge on any atom is -0.457 e. The van der Waals surface area contributed by atoms with Crippen molar-refractivity contribution in [3.8, 4) is 11.5 Å². The Morgan fingerprint density at radius 1 is 0.581 bits per heavy atom. The Hall–Kier alpha value is -2.58. The van der Waals surface area contributed by atoms with E-state index >= 15 is 0 Å². The minimum atomic E-state index is -0.913. The fourth-order valence-corrected chi connectivity index (χ4v) is 2.79. The number of benzene rings is 2. The summed E-state index contributed by atoms with van der Waals surface area (Å²) >= 11 is 0. The van der Waals surface area contributed by atoms with E-state index < -0.39 is 12.6 Å². The lowest BCUT2D eigenvalue weighted by Crippen LogP contribution is -2.27. The van der Waals surface area contributed by atoms with Crippen molar-refractivity contribution in [1.29, 1.82) is 0 Å². The lowest BCUT2D eigenvalue weighted by molar-refractivity contribution is -0.107. The van der Waals surface area contributed by atoms with Gasteiger partial charge in [0.1, 0.15) is 11.5 Å². The third-order valence-corrected chi connectivity index (χ3v) is 4.21. The fraction of sp³-hybridized carbons (Fsp3) is 0.417. The van der Waals surface area contributed by atoms with E-state index in [1.165, 1.54) is 0 Å². The molecule has 0 unspecified atom stereocenters. The van der Waals surface area contributed by atoms with Gasteiger partial charge in [0, 0.05) is 37.6 Å². The van der Waals surface area contributed by atoms with Gasteiger partial charge in [0.15, 0.2) is 0 Å². The number of carbonyl (C=O) groups excluding carboxylic acids is 2. The van der Waals surface area contributed by atoms with Crippen molar-refractivity contribution in [1.82, 2.24) is 0 Å². The summed E-state index contributed by atoms with van der Waals surface area (Å²) in [4.78, 5) is 25.0. The zero-order valence-electron chi connectivity index (χ0n) is 18.5. The zero-order valence-corrected chi connectivity index (χ0v) is 18.5. The van der Waals surface area contributed by atoms with E-state index in [2.05, 4.69) is 0 Å². The Kier molecular flexibility index (Phi) is 10.3. The van der Waals surface area contributed by atoms with E-state index in [1.54, 1.807) is 48.5 Å². The second-order valence-electron chi connectivity index (χ2n) is 6.36. The van der Waals surface area contributed by atoms with Crippen LogP contribution in [0.15, 0.2) is 48.5 Å². The van der Waals surface area contributed by atoms with Crippen LogP contribution < -0.4 is 4.74 Å². The van der Waals surface area contributed by atoms with E-state index in [0.29, 0.717) is 49.1 Å². The Morgan fingerprint density at radius 3 is 1.13 bits per heavy atom. The van der Waals surface area contributed by atoms with Crippen LogP contribution in [0.4, 0.5) is 0 Å². The summed E-state index contributed by atoms with van der Waals surface area (Å²) in [5.74, 6) is 0.635. The molecule has 0 aliphatic heterocycles. The topological polar surface area (TPSA) is 80.3 Å². The lowest BCUT2D eigenvalue weighted by atomic mass is 10.1. The molecule has 0 aromatic heterocycles. The Bertz CT molecular complexity index is 733. The first kappa shape index (κ1) is 24.7. The van der Waals surface area contributed by atoms with Crippen LogP contribution in [0, 0.1) is 0 Å². The Balaban J connectivity index is 2.03. The van der Waals surface area contributed by atoms with Gasteiger partial charge in [0.25, 0.3) is 0 Å². The van der Waals surface area contributed by atoms with Crippen molar-refractivity contribution in [2.45, 2.75) is 40.3 Å². The highest BCUT2D eigenvalue weighted by molar-refractivity contribution is 5.99. The summed E-state index contributed by atoms with van der Waals surface area (Å²) < 4.78 is 27.2. The number of ketones is 2. The van der Waals surface area contributed by atoms with Gasteiger partial charge >= 0.3 is 0 Å². The monoisotopic (exact) mass is 430 g/mol. The highest BCUT2D eigenvalue weighted by Crippen LogP contribution is 2.23. The average Bonchev–Trinajstić information content (AvgIpc) is 2.79. The highest BCUT2D eigenvalue weighted by Gasteiger charge is 2.21. The van der Waals surface area contributed by atoms with E-state index in [-0.39, 0.29) is 11.6 Å². The van der Waals surface area contributed by atoms with Crippen LogP contribution in [0.1, 0.15) is 48.4 Å². The van der Waals surface area contributed by atoms with Gasteiger partial charge in [0.2, 0.25) is 24.1 Å². The predicted octanol–water partition coefficient (Wildman–Crippen LogP) is 4.64. The largest absolute Gasteiger partial charge is 0.457 e. The van der Waals surface area contributed by atoms with E-state index in [4.69, 9.17) is 23.7 Å². The molecule has 31 heavy (non-hydrogen) atoms. The molecule has 0 radical (unpaired) electrons. The van der Waals surface area contributed by atoms with Gasteiger partial charge in [-0.05, 0) is 76.2 Å². The lowest BCUT2D eigenvalue weighted by Gasteiger charge is -2.16. The van der Waals surface area contributed by atoms with E-state index in [1.807, 2.05) is 27.7 Å². The molecular formula is C24H30O7. The maximum atomic E-state index is 12.5. The third-order valence-electron chi connectivity index (χ3n) is 4.21. The molecule has 0 aliphatic rings. The smallest absolute Gasteiger partial charge is 0.222 e. The SMILES string of the molecule is CCOC(OCC)C(=O)c1ccc(Oc2ccc(C(=O)C(OCC)OCC)cc2)cc1. The van der Waals surface area contributed by atoms with Crippen molar-refractivity contribution in [3.63, 3.8) is 0 Å². The molecule has 0 fully saturated rings. The van der Waals surface area contributed by atoms with E-state index in [0.717, 1.165) is 0 Å². The fourth-order valence-electron chi connectivity index (χ4n) is 2.79. The Labute approximate surface area is 183 Å². The van der Waals surface area contributed by atoms with Crippen LogP contribution in [0.25, 0.3) is 0 Å². The minimum absolute atomic E-state index is 0.240. The van der Waals surface area contributed by atoms with Gasteiger partial charge < -0.3 is 23.7 Å². The molecule has 2 rings (SSSR count). The summed E-state index contributed by atoms with van der Waals surface area (Å²) in [5, 5.41) is 0. The van der Waals surface area contributed by atoms with Crippen LogP contribution in [0.3, 0.4) is 0 Å². The third kappa shape index (κ3) is 7.25. The maximum absolute atomic E-state index is 12.5. The summed E-state index contributed by atoms with van der Waals surface area (Å²) in [5.41, 5.74) is 0.941. The molecule has 0 atom stereocenters. The van der Waals surface area contributed by atoms with Crippen LogP contribution in [-0.2, 0) is 18.9 Å². The van der Waals surface area contributed by atoms with E-state index in [9.17, 15) is 9.59 Å². The van der Waals surface area contributed by atoms with Gasteiger partial charge in [-0.2, -0.15) is 0 Å². The first-order chi connectivity index (χ1) is 15.0. The second-order valence-corrected chi connectivity index (χ2v) is 6.36. The molecule has 0 aliphatic carbocycles. The maximum Gasteiger partial charge on any atom is 0.222 e. The molecule has 0 saturated heterocycles. The summed E-state index contributed by atoms with van der Waals surface area (Å²) in [6, 6.07) is 13.4. The van der Waals surface area contributed by atoms with Crippen molar-refractivity contribution >= 4 is 11.6 Å². The van der Waals surface area contributed by atoms with Gasteiger partial charge in [-0.1, -0.05) is 0 Å². The number of hydrogen-bond donors (Lipinski definition) is 0. The van der Waals surface area contributed by atoms with Crippen LogP contribution in [-0.4, -0.2) is 50.6 Å². The van der Waals surface area contributed by atoms with Crippen LogP contribution in [0.2, 0.25) is 0 Å². The number of rotatable bonds is 14. The highest BCUT2D eigenvalue weighted by atomic mass is 16.7. The number of carbonyl (C=O) groups is 2. The number of hydrogen-bond acceptors (Lipinski definition) is 7. The molecular weight excluding hydrogens is 400 g/mol. The van der Waals surface area contributed by atoms with Gasteiger partial charge in [-0.25, -0.2) is 0 Å². The molecule has 0 spiro atoms. The summed E-state index contributed by atoms with van der Waals surface area (Å²) in [6.45, 7) is 8.76. The molecule has 0 saturated carbocycles. The summed E-state index contributed by atoms with van der Waals surface area (Å²) in [6.07, 6.45) is -1.83. The predicted molar refractivity (Wildman–Crippen MR) is 116 cm³/mol. The molecule has 0 N–H and O–H groups in total. The molecule has 7 heteroatoms. The molecule has 2 aromatic rings. The van der Waals surface area contributed by atoms with Crippen molar-refractivity contribution in [2.75, 3.05) is 26.4 Å². The molecule has 0 amide bonds. The average molecular weight is 430 g/mol. The standard InChI is InChI=1S/C24H30O7/c1-5-27-23(28-6-2)21(25)17-9-13-19(14-10-17)31-20-15-11-18(12-16-20)22(26)24(29-7-3)30-8-4/h9-16,23-24H,5-8H2,1-4H3. The van der Waals surface area contributed by atoms with Crippen molar-refractivity contribution in [2.24, 2.45) is 0 Å². The number of Topliss-reactive ketones (excluding diaryl/α,β-unsaturated/α-hetero) is 2. The first-order valence-electron chi connectivity index (χ1n) is 10.5. The molecule has 0 bridgehead atoms. The van der Waals surface area contributed by atoms with Crippen molar-refractivity contribution in [3.05, 3.63) is 59.7 Å². The van der Waals surface area contributed by atoms with Gasteiger partial charge in [0.05, 0.1) is 0 Å². The Morgan fingerprint density at radius 2 is 0.871 bits per heavy atom. The van der Waals surface area contributed by atoms with Crippen LogP contribution >= 0.6 is 0 Å². The number of ether oxygens (including phenoxy) is 5. The molecule has 7 nitrogen and oxygen atoms in total. The normalized spacial score (nSPS) is 11.2. The first-order valence-corrected chi connectivity index (χ1v) is 10.5. The van der Waals surface area contributed by atoms with Gasteiger partial charge in [-0.15, -0.1) is 0 Å². The second kappa shape index (κ2) is 13.0. The summed E-state index contributed by atoms with van der Waals surface area (Å²) in [7, 11) is 0.